The molecular formula is C10H9BrN2. The Labute approximate surface area is 85.9 Å². The molecule has 0 saturated heterocycles. The predicted octanol–water partition coefficient (Wildman–Crippen LogP) is 2.91. The molecular weight excluding hydrogens is 228 g/mol. The van der Waals surface area contributed by atoms with Gasteiger partial charge in [-0.05, 0) is 17.1 Å². The molecule has 0 fully saturated rings. The van der Waals surface area contributed by atoms with Gasteiger partial charge in [0.05, 0.1) is 5.56 Å². The third kappa shape index (κ3) is 1.73. The summed E-state index contributed by atoms with van der Waals surface area (Å²) in [5.41, 5.74) is 2.51. The van der Waals surface area contributed by atoms with Crippen molar-refractivity contribution in [2.45, 2.75) is 0 Å². The number of aromatic nitrogens is 1. The van der Waals surface area contributed by atoms with Crippen LogP contribution in [0.4, 0.5) is 0 Å². The van der Waals surface area contributed by atoms with Crippen molar-refractivity contribution in [3.63, 3.8) is 0 Å². The summed E-state index contributed by atoms with van der Waals surface area (Å²) in [4.78, 5) is 1.73. The van der Waals surface area contributed by atoms with E-state index >= 15 is 0 Å². The zero-order valence-electron chi connectivity index (χ0n) is 7.29. The first-order valence-corrected chi connectivity index (χ1v) is 4.64. The van der Waals surface area contributed by atoms with E-state index in [0.29, 0.717) is 5.56 Å². The molecule has 0 aliphatic rings. The van der Waals surface area contributed by atoms with Gasteiger partial charge in [0.25, 0.3) is 0 Å². The quantitative estimate of drug-likeness (QED) is 0.777. The number of nitrogens with zero attached hydrogens (tertiary/aromatic N) is 2. The Balaban J connectivity index is 3.42. The number of hydrogen-bond acceptors (Lipinski definition) is 1. The molecule has 0 aliphatic carbocycles. The third-order valence-electron chi connectivity index (χ3n) is 1.81. The first-order chi connectivity index (χ1) is 6.24. The van der Waals surface area contributed by atoms with Gasteiger partial charge in [-0.25, -0.2) is 0 Å². The zero-order valence-corrected chi connectivity index (χ0v) is 8.87. The molecule has 13 heavy (non-hydrogen) atoms. The first-order valence-electron chi connectivity index (χ1n) is 3.73. The molecule has 1 aromatic heterocycles. The van der Waals surface area contributed by atoms with Gasteiger partial charge in [0, 0.05) is 24.5 Å². The van der Waals surface area contributed by atoms with Gasteiger partial charge in [0.2, 0.25) is 0 Å². The molecule has 1 aromatic rings. The lowest BCUT2D eigenvalue weighted by molar-refractivity contribution is 0.913. The van der Waals surface area contributed by atoms with Crippen LogP contribution in [0, 0.1) is 11.3 Å². The van der Waals surface area contributed by atoms with Crippen LogP contribution in [-0.4, -0.2) is 4.57 Å². The minimum Gasteiger partial charge on any atom is -0.349 e. The Morgan fingerprint density at radius 1 is 1.69 bits per heavy atom. The van der Waals surface area contributed by atoms with Crippen LogP contribution in [0.15, 0.2) is 17.8 Å². The standard InChI is InChI=1S/C10H9BrN2/c1-3-10-9(4-5-11)8(6-12)7-13(10)2/h3-5,7H,1H2,2H3/b5-4+. The van der Waals surface area contributed by atoms with E-state index in [2.05, 4.69) is 28.6 Å². The van der Waals surface area contributed by atoms with Gasteiger partial charge >= 0.3 is 0 Å². The van der Waals surface area contributed by atoms with Crippen molar-refractivity contribution < 1.29 is 0 Å². The minimum atomic E-state index is 0.660. The summed E-state index contributed by atoms with van der Waals surface area (Å²) in [6, 6.07) is 2.14. The Morgan fingerprint density at radius 2 is 2.38 bits per heavy atom. The second-order valence-electron chi connectivity index (χ2n) is 2.56. The summed E-state index contributed by atoms with van der Waals surface area (Å²) in [5, 5.41) is 8.83. The van der Waals surface area contributed by atoms with Crippen molar-refractivity contribution in [3.05, 3.63) is 34.6 Å². The van der Waals surface area contributed by atoms with Crippen molar-refractivity contribution in [2.75, 3.05) is 0 Å². The molecule has 0 aliphatic heterocycles. The number of nitriles is 1. The lowest BCUT2D eigenvalue weighted by Gasteiger charge is -1.96. The molecule has 0 aromatic carbocycles. The smallest absolute Gasteiger partial charge is 0.101 e. The second-order valence-corrected chi connectivity index (χ2v) is 3.09. The largest absolute Gasteiger partial charge is 0.349 e. The van der Waals surface area contributed by atoms with Crippen molar-refractivity contribution in [2.24, 2.45) is 7.05 Å². The van der Waals surface area contributed by atoms with Crippen LogP contribution in [0.3, 0.4) is 0 Å². The van der Waals surface area contributed by atoms with Gasteiger partial charge in [0.1, 0.15) is 6.07 Å². The van der Waals surface area contributed by atoms with E-state index < -0.39 is 0 Å². The highest BCUT2D eigenvalue weighted by Crippen LogP contribution is 2.19. The number of hydrogen-bond donors (Lipinski definition) is 0. The molecule has 3 heteroatoms. The van der Waals surface area contributed by atoms with Crippen LogP contribution >= 0.6 is 15.9 Å². The van der Waals surface area contributed by atoms with E-state index in [4.69, 9.17) is 5.26 Å². The van der Waals surface area contributed by atoms with Crippen LogP contribution in [0.5, 0.6) is 0 Å². The molecule has 0 spiro atoms. The molecule has 0 N–H and O–H groups in total. The van der Waals surface area contributed by atoms with Gasteiger partial charge in [-0.2, -0.15) is 5.26 Å². The highest BCUT2D eigenvalue weighted by molar-refractivity contribution is 9.11. The zero-order chi connectivity index (χ0) is 9.84. The molecule has 0 radical (unpaired) electrons. The Morgan fingerprint density at radius 3 is 2.85 bits per heavy atom. The Hall–Kier alpha value is -1.27. The third-order valence-corrected chi connectivity index (χ3v) is 2.08. The van der Waals surface area contributed by atoms with Gasteiger partial charge in [-0.1, -0.05) is 22.5 Å². The molecule has 2 nitrogen and oxygen atoms in total. The second kappa shape index (κ2) is 4.11. The fourth-order valence-corrected chi connectivity index (χ4v) is 1.51. The first kappa shape index (κ1) is 9.82. The van der Waals surface area contributed by atoms with Crippen LogP contribution in [-0.2, 0) is 7.05 Å². The summed E-state index contributed by atoms with van der Waals surface area (Å²) in [5.74, 6) is 0. The molecule has 1 rings (SSSR count). The monoisotopic (exact) mass is 236 g/mol. The van der Waals surface area contributed by atoms with E-state index in [9.17, 15) is 0 Å². The van der Waals surface area contributed by atoms with Gasteiger partial charge in [0.15, 0.2) is 0 Å². The van der Waals surface area contributed by atoms with Gasteiger partial charge in [-0.15, -0.1) is 0 Å². The summed E-state index contributed by atoms with van der Waals surface area (Å²) in [6.07, 6.45) is 5.37. The summed E-state index contributed by atoms with van der Waals surface area (Å²) < 4.78 is 1.88. The van der Waals surface area contributed by atoms with Crippen LogP contribution in [0.25, 0.3) is 12.2 Å². The lowest BCUT2D eigenvalue weighted by Crippen LogP contribution is -1.88. The van der Waals surface area contributed by atoms with E-state index in [0.717, 1.165) is 11.3 Å². The topological polar surface area (TPSA) is 28.7 Å². The Bertz CT molecular complexity index is 394. The average Bonchev–Trinajstić information content (AvgIpc) is 2.43. The molecule has 0 amide bonds. The predicted molar refractivity (Wildman–Crippen MR) is 58.2 cm³/mol. The van der Waals surface area contributed by atoms with Crippen LogP contribution in [0.1, 0.15) is 16.8 Å². The van der Waals surface area contributed by atoms with Crippen molar-refractivity contribution in [3.8, 4) is 6.07 Å². The highest BCUT2D eigenvalue weighted by Gasteiger charge is 2.07. The summed E-state index contributed by atoms with van der Waals surface area (Å²) >= 11 is 3.19. The van der Waals surface area contributed by atoms with Crippen molar-refractivity contribution in [1.82, 2.24) is 4.57 Å². The average molecular weight is 237 g/mol. The maximum absolute atomic E-state index is 8.83. The van der Waals surface area contributed by atoms with Gasteiger partial charge < -0.3 is 4.57 Å². The van der Waals surface area contributed by atoms with E-state index in [-0.39, 0.29) is 0 Å². The molecule has 0 bridgehead atoms. The fourth-order valence-electron chi connectivity index (χ4n) is 1.24. The number of halogens is 1. The van der Waals surface area contributed by atoms with Crippen molar-refractivity contribution >= 4 is 28.1 Å². The highest BCUT2D eigenvalue weighted by atomic mass is 79.9. The number of aryl methyl sites for hydroxylation is 1. The van der Waals surface area contributed by atoms with Gasteiger partial charge in [-0.3, -0.25) is 0 Å². The summed E-state index contributed by atoms with van der Waals surface area (Å²) in [6.45, 7) is 3.70. The maximum atomic E-state index is 8.83. The lowest BCUT2D eigenvalue weighted by atomic mass is 10.1. The van der Waals surface area contributed by atoms with E-state index in [1.807, 2.05) is 17.7 Å². The fraction of sp³-hybridized carbons (Fsp3) is 0.100. The summed E-state index contributed by atoms with van der Waals surface area (Å²) in [7, 11) is 1.89. The normalized spacial score (nSPS) is 10.2. The van der Waals surface area contributed by atoms with E-state index in [1.54, 1.807) is 17.3 Å². The minimum absolute atomic E-state index is 0.660. The number of rotatable bonds is 2. The van der Waals surface area contributed by atoms with Crippen molar-refractivity contribution in [1.29, 1.82) is 5.26 Å². The SMILES string of the molecule is C=Cc1c(/C=C/Br)c(C#N)cn1C. The van der Waals surface area contributed by atoms with Crippen LogP contribution < -0.4 is 0 Å². The molecule has 66 valence electrons. The van der Waals surface area contributed by atoms with E-state index in [1.165, 1.54) is 0 Å². The van der Waals surface area contributed by atoms with Crippen LogP contribution in [0.2, 0.25) is 0 Å². The molecule has 0 atom stereocenters. The molecule has 0 saturated carbocycles. The molecule has 0 unspecified atom stereocenters. The molecule has 1 heterocycles. The Kier molecular flexibility index (Phi) is 3.10. The maximum Gasteiger partial charge on any atom is 0.101 e.